The molecule has 0 saturated heterocycles. The molecular formula is C10H22NO5P. The van der Waals surface area contributed by atoms with Gasteiger partial charge in [-0.15, -0.1) is 0 Å². The van der Waals surface area contributed by atoms with E-state index in [4.69, 9.17) is 14.2 Å². The lowest BCUT2D eigenvalue weighted by atomic mass is 10.4. The van der Waals surface area contributed by atoms with Crippen LogP contribution in [0, 0.1) is 0 Å². The average molecular weight is 267 g/mol. The van der Waals surface area contributed by atoms with Crippen molar-refractivity contribution in [3.63, 3.8) is 0 Å². The van der Waals surface area contributed by atoms with Gasteiger partial charge in [0.15, 0.2) is 0 Å². The van der Waals surface area contributed by atoms with E-state index in [2.05, 4.69) is 5.09 Å². The Bertz CT molecular complexity index is 245. The van der Waals surface area contributed by atoms with Gasteiger partial charge in [-0.25, -0.2) is 9.65 Å². The van der Waals surface area contributed by atoms with Gasteiger partial charge in [-0.05, 0) is 12.8 Å². The van der Waals surface area contributed by atoms with E-state index in [9.17, 15) is 9.36 Å². The van der Waals surface area contributed by atoms with Gasteiger partial charge in [0, 0.05) is 0 Å². The highest BCUT2D eigenvalue weighted by Crippen LogP contribution is 2.43. The number of hydrogen-bond acceptors (Lipinski definition) is 4. The van der Waals surface area contributed by atoms with Crippen LogP contribution < -0.4 is 5.09 Å². The maximum atomic E-state index is 12.0. The Kier molecular flexibility index (Phi) is 9.36. The molecule has 102 valence electrons. The summed E-state index contributed by atoms with van der Waals surface area (Å²) in [6.07, 6.45) is 3.34. The lowest BCUT2D eigenvalue weighted by molar-refractivity contribution is -0.135. The van der Waals surface area contributed by atoms with Crippen molar-refractivity contribution in [2.45, 2.75) is 39.5 Å². The molecule has 0 aliphatic carbocycles. The zero-order chi connectivity index (χ0) is 13.1. The highest BCUT2D eigenvalue weighted by Gasteiger charge is 2.24. The van der Waals surface area contributed by atoms with E-state index in [1.807, 2.05) is 13.8 Å². The van der Waals surface area contributed by atoms with Crippen LogP contribution in [0.5, 0.6) is 0 Å². The van der Waals surface area contributed by atoms with E-state index < -0.39 is 20.3 Å². The van der Waals surface area contributed by atoms with E-state index in [1.165, 1.54) is 0 Å². The predicted octanol–water partition coefficient (Wildman–Crippen LogP) is 2.40. The molecule has 0 spiro atoms. The Morgan fingerprint density at radius 3 is 2.00 bits per heavy atom. The van der Waals surface area contributed by atoms with Crippen molar-refractivity contribution in [1.29, 1.82) is 0 Å². The Labute approximate surface area is 102 Å². The van der Waals surface area contributed by atoms with Gasteiger partial charge in [0.25, 0.3) is 0 Å². The Balaban J connectivity index is 4.14. The van der Waals surface area contributed by atoms with Gasteiger partial charge in [0.05, 0.1) is 13.2 Å². The van der Waals surface area contributed by atoms with E-state index in [1.54, 1.807) is 0 Å². The molecule has 0 aliphatic heterocycles. The van der Waals surface area contributed by atoms with Gasteiger partial charge < -0.3 is 5.11 Å². The first-order valence-corrected chi connectivity index (χ1v) is 7.44. The fourth-order valence-corrected chi connectivity index (χ4v) is 2.28. The molecule has 2 N–H and O–H groups in total. The number of carbonyl (C=O) groups is 1. The first-order valence-electron chi connectivity index (χ1n) is 5.90. The summed E-state index contributed by atoms with van der Waals surface area (Å²) in [6.45, 7) is 4.13. The van der Waals surface area contributed by atoms with Gasteiger partial charge >= 0.3 is 13.7 Å². The van der Waals surface area contributed by atoms with Crippen molar-refractivity contribution >= 4 is 13.7 Å². The van der Waals surface area contributed by atoms with E-state index in [0.717, 1.165) is 25.7 Å². The largest absolute Gasteiger partial charge is 0.480 e. The minimum absolute atomic E-state index is 0.298. The predicted molar refractivity (Wildman–Crippen MR) is 65.0 cm³/mol. The number of carboxylic acids is 1. The van der Waals surface area contributed by atoms with Crippen LogP contribution in [0.25, 0.3) is 0 Å². The van der Waals surface area contributed by atoms with Gasteiger partial charge in [-0.3, -0.25) is 13.8 Å². The Morgan fingerprint density at radius 1 is 1.18 bits per heavy atom. The zero-order valence-electron chi connectivity index (χ0n) is 10.5. The monoisotopic (exact) mass is 267 g/mol. The molecule has 17 heavy (non-hydrogen) atoms. The Hall–Kier alpha value is -0.420. The van der Waals surface area contributed by atoms with Crippen LogP contribution in [0.3, 0.4) is 0 Å². The number of rotatable bonds is 11. The van der Waals surface area contributed by atoms with Crippen LogP contribution in [-0.2, 0) is 18.4 Å². The lowest BCUT2D eigenvalue weighted by Crippen LogP contribution is -2.22. The second-order valence-corrected chi connectivity index (χ2v) is 5.43. The van der Waals surface area contributed by atoms with Crippen molar-refractivity contribution < 1.29 is 23.5 Å². The summed E-state index contributed by atoms with van der Waals surface area (Å²) in [7, 11) is -3.46. The van der Waals surface area contributed by atoms with Crippen molar-refractivity contribution in [3.05, 3.63) is 0 Å². The van der Waals surface area contributed by atoms with E-state index in [-0.39, 0.29) is 0 Å². The first-order chi connectivity index (χ1) is 8.04. The summed E-state index contributed by atoms with van der Waals surface area (Å²) in [5.74, 6) is -1.09. The van der Waals surface area contributed by atoms with Crippen LogP contribution in [0.15, 0.2) is 0 Å². The van der Waals surface area contributed by atoms with E-state index in [0.29, 0.717) is 13.2 Å². The second-order valence-electron chi connectivity index (χ2n) is 3.60. The molecule has 0 heterocycles. The molecule has 7 heteroatoms. The topological polar surface area (TPSA) is 84.9 Å². The van der Waals surface area contributed by atoms with Crippen LogP contribution in [0.4, 0.5) is 0 Å². The molecule has 0 unspecified atom stereocenters. The summed E-state index contributed by atoms with van der Waals surface area (Å²) in [4.78, 5) is 10.4. The second kappa shape index (κ2) is 9.59. The fraction of sp³-hybridized carbons (Fsp3) is 0.900. The molecule has 0 aromatic rings. The molecule has 0 bridgehead atoms. The third kappa shape index (κ3) is 9.30. The SMILES string of the molecule is CCCCOP(=O)(NCC(=O)O)OCCCC. The average Bonchev–Trinajstić information content (AvgIpc) is 2.27. The molecule has 6 nitrogen and oxygen atoms in total. The molecule has 0 radical (unpaired) electrons. The van der Waals surface area contributed by atoms with Crippen LogP contribution in [-0.4, -0.2) is 30.8 Å². The van der Waals surface area contributed by atoms with Gasteiger partial charge in [0.2, 0.25) is 0 Å². The Morgan fingerprint density at radius 2 is 1.65 bits per heavy atom. The molecule has 0 aliphatic rings. The molecule has 0 rings (SSSR count). The summed E-state index contributed by atoms with van der Waals surface area (Å²) < 4.78 is 22.3. The molecule has 0 amide bonds. The quantitative estimate of drug-likeness (QED) is 0.441. The van der Waals surface area contributed by atoms with Crippen LogP contribution >= 0.6 is 7.75 Å². The highest BCUT2D eigenvalue weighted by molar-refractivity contribution is 7.51. The lowest BCUT2D eigenvalue weighted by Gasteiger charge is -2.18. The van der Waals surface area contributed by atoms with Gasteiger partial charge in [-0.2, -0.15) is 0 Å². The number of nitrogens with one attached hydrogen (secondary N) is 1. The summed E-state index contributed by atoms with van der Waals surface area (Å²) >= 11 is 0. The van der Waals surface area contributed by atoms with Gasteiger partial charge in [0.1, 0.15) is 6.54 Å². The molecular weight excluding hydrogens is 245 g/mol. The van der Waals surface area contributed by atoms with Crippen LogP contribution in [0.2, 0.25) is 0 Å². The molecule has 0 aromatic carbocycles. The maximum Gasteiger partial charge on any atom is 0.406 e. The zero-order valence-corrected chi connectivity index (χ0v) is 11.4. The van der Waals surface area contributed by atoms with E-state index >= 15 is 0 Å². The maximum absolute atomic E-state index is 12.0. The third-order valence-corrected chi connectivity index (χ3v) is 3.53. The van der Waals surface area contributed by atoms with Crippen molar-refractivity contribution in [2.24, 2.45) is 0 Å². The number of hydrogen-bond donors (Lipinski definition) is 2. The van der Waals surface area contributed by atoms with Crippen molar-refractivity contribution in [3.8, 4) is 0 Å². The van der Waals surface area contributed by atoms with Crippen LogP contribution in [0.1, 0.15) is 39.5 Å². The fourth-order valence-electron chi connectivity index (χ4n) is 0.951. The molecule has 0 aromatic heterocycles. The third-order valence-electron chi connectivity index (χ3n) is 1.94. The smallest absolute Gasteiger partial charge is 0.406 e. The number of unbranched alkanes of at least 4 members (excludes halogenated alkanes) is 2. The minimum Gasteiger partial charge on any atom is -0.480 e. The standard InChI is InChI=1S/C10H22NO5P/c1-3-5-7-15-17(14,11-9-10(12)13)16-8-6-4-2/h3-9H2,1-2H3,(H,11,14)(H,12,13). The normalized spacial score (nSPS) is 11.6. The van der Waals surface area contributed by atoms with Crippen molar-refractivity contribution in [2.75, 3.05) is 19.8 Å². The summed E-state index contributed by atoms with van der Waals surface area (Å²) in [5, 5.41) is 10.9. The number of aliphatic carboxylic acids is 1. The molecule has 0 saturated carbocycles. The summed E-state index contributed by atoms with van der Waals surface area (Å²) in [6, 6.07) is 0. The molecule has 0 atom stereocenters. The van der Waals surface area contributed by atoms with Gasteiger partial charge in [-0.1, -0.05) is 26.7 Å². The molecule has 0 fully saturated rings. The summed E-state index contributed by atoms with van der Waals surface area (Å²) in [5.41, 5.74) is 0. The highest BCUT2D eigenvalue weighted by atomic mass is 31.2. The first kappa shape index (κ1) is 16.6. The number of carboxylic acid groups (broad SMARTS) is 1. The van der Waals surface area contributed by atoms with Crippen molar-refractivity contribution in [1.82, 2.24) is 5.09 Å². The minimum atomic E-state index is -3.46.